The molecule has 25 heavy (non-hydrogen) atoms. The number of likely N-dealkylation sites (tertiary alicyclic amines) is 1. The van der Waals surface area contributed by atoms with E-state index >= 15 is 0 Å². The van der Waals surface area contributed by atoms with Gasteiger partial charge in [-0.3, -0.25) is 4.79 Å². The number of rotatable bonds is 6. The highest BCUT2D eigenvalue weighted by molar-refractivity contribution is 5.94. The number of carbonyl (C=O) groups excluding carboxylic acids is 1. The Kier molecular flexibility index (Phi) is 5.71. The van der Waals surface area contributed by atoms with Crippen molar-refractivity contribution in [2.75, 3.05) is 13.2 Å². The Labute approximate surface area is 149 Å². The second-order valence-electron chi connectivity index (χ2n) is 6.41. The molecule has 0 spiro atoms. The van der Waals surface area contributed by atoms with E-state index in [1.165, 1.54) is 0 Å². The number of aliphatic hydroxyl groups excluding tert-OH is 1. The summed E-state index contributed by atoms with van der Waals surface area (Å²) in [4.78, 5) is 14.8. The number of aliphatic hydroxyl groups is 1. The summed E-state index contributed by atoms with van der Waals surface area (Å²) >= 11 is 0. The molecule has 1 heterocycles. The molecule has 3 rings (SSSR count). The third kappa shape index (κ3) is 4.20. The van der Waals surface area contributed by atoms with Crippen LogP contribution in [0.25, 0.3) is 0 Å². The molecule has 2 unspecified atom stereocenters. The van der Waals surface area contributed by atoms with Crippen molar-refractivity contribution in [2.45, 2.75) is 38.3 Å². The fraction of sp³-hybridized carbons (Fsp3) is 0.381. The van der Waals surface area contributed by atoms with Crippen LogP contribution in [0.2, 0.25) is 0 Å². The molecular formula is C21H25NO3. The van der Waals surface area contributed by atoms with Crippen molar-refractivity contribution < 1.29 is 14.6 Å². The third-order valence-electron chi connectivity index (χ3n) is 4.73. The molecule has 132 valence electrons. The molecule has 1 fully saturated rings. The molecule has 0 aliphatic carbocycles. The summed E-state index contributed by atoms with van der Waals surface area (Å²) in [6.45, 7) is 3.29. The number of amides is 1. The molecule has 2 aromatic rings. The van der Waals surface area contributed by atoms with Crippen LogP contribution in [0.3, 0.4) is 0 Å². The predicted octanol–water partition coefficient (Wildman–Crippen LogP) is 3.81. The van der Waals surface area contributed by atoms with Crippen LogP contribution < -0.4 is 4.74 Å². The smallest absolute Gasteiger partial charge is 0.254 e. The number of hydrogen-bond acceptors (Lipinski definition) is 3. The second-order valence-corrected chi connectivity index (χ2v) is 6.41. The Balaban J connectivity index is 1.67. The minimum atomic E-state index is -0.542. The summed E-state index contributed by atoms with van der Waals surface area (Å²) in [7, 11) is 0. The molecule has 2 atom stereocenters. The largest absolute Gasteiger partial charge is 0.494 e. The lowest BCUT2D eigenvalue weighted by atomic mass is 10.00. The van der Waals surface area contributed by atoms with Crippen LogP contribution in [0, 0.1) is 0 Å². The average molecular weight is 339 g/mol. The van der Waals surface area contributed by atoms with Gasteiger partial charge in [0.15, 0.2) is 0 Å². The minimum Gasteiger partial charge on any atom is -0.494 e. The fourth-order valence-electron chi connectivity index (χ4n) is 3.44. The Hall–Kier alpha value is -2.33. The molecule has 0 aromatic heterocycles. The fourth-order valence-corrected chi connectivity index (χ4v) is 3.44. The van der Waals surface area contributed by atoms with Crippen molar-refractivity contribution in [3.63, 3.8) is 0 Å². The molecule has 1 aliphatic rings. The quantitative estimate of drug-likeness (QED) is 0.870. The van der Waals surface area contributed by atoms with Gasteiger partial charge in [0.25, 0.3) is 5.91 Å². The van der Waals surface area contributed by atoms with Crippen LogP contribution in [0.1, 0.15) is 48.2 Å². The van der Waals surface area contributed by atoms with Crippen LogP contribution in [0.15, 0.2) is 54.6 Å². The van der Waals surface area contributed by atoms with E-state index in [2.05, 4.69) is 0 Å². The third-order valence-corrected chi connectivity index (χ3v) is 4.73. The number of benzene rings is 2. The number of ether oxygens (including phenoxy) is 1. The summed E-state index contributed by atoms with van der Waals surface area (Å²) in [6, 6.07) is 17.0. The monoisotopic (exact) mass is 339 g/mol. The van der Waals surface area contributed by atoms with E-state index in [1.807, 2.05) is 66.4 Å². The summed E-state index contributed by atoms with van der Waals surface area (Å²) in [6.07, 6.45) is 1.95. The number of hydrogen-bond donors (Lipinski definition) is 1. The van der Waals surface area contributed by atoms with E-state index in [0.29, 0.717) is 18.6 Å². The van der Waals surface area contributed by atoms with Gasteiger partial charge in [-0.1, -0.05) is 30.3 Å². The summed E-state index contributed by atoms with van der Waals surface area (Å²) in [5.74, 6) is 0.808. The SMILES string of the molecule is CCOc1ccc(C(=O)N2CCCC2CC(O)c2ccccc2)cc1. The first kappa shape index (κ1) is 17.5. The average Bonchev–Trinajstić information content (AvgIpc) is 3.11. The summed E-state index contributed by atoms with van der Waals surface area (Å²) in [5.41, 5.74) is 1.58. The van der Waals surface area contributed by atoms with Crippen LogP contribution in [0.4, 0.5) is 0 Å². The van der Waals surface area contributed by atoms with Gasteiger partial charge < -0.3 is 14.7 Å². The highest BCUT2D eigenvalue weighted by Crippen LogP contribution is 2.28. The van der Waals surface area contributed by atoms with Crippen molar-refractivity contribution in [3.05, 3.63) is 65.7 Å². The normalized spacial score (nSPS) is 18.2. The Morgan fingerprint density at radius 2 is 1.92 bits per heavy atom. The highest BCUT2D eigenvalue weighted by atomic mass is 16.5. The molecule has 0 radical (unpaired) electrons. The maximum absolute atomic E-state index is 12.8. The van der Waals surface area contributed by atoms with E-state index < -0.39 is 6.10 Å². The highest BCUT2D eigenvalue weighted by Gasteiger charge is 2.31. The Morgan fingerprint density at radius 3 is 2.60 bits per heavy atom. The molecule has 1 N–H and O–H groups in total. The number of carbonyl (C=O) groups is 1. The van der Waals surface area contributed by atoms with E-state index in [0.717, 1.165) is 30.7 Å². The van der Waals surface area contributed by atoms with Gasteiger partial charge in [0, 0.05) is 18.2 Å². The standard InChI is InChI=1S/C21H25NO3/c1-2-25-19-12-10-17(11-13-19)21(24)22-14-6-9-18(22)15-20(23)16-7-4-3-5-8-16/h3-5,7-8,10-13,18,20,23H,2,6,9,14-15H2,1H3. The molecule has 1 amide bonds. The van der Waals surface area contributed by atoms with Crippen molar-refractivity contribution >= 4 is 5.91 Å². The van der Waals surface area contributed by atoms with Crippen LogP contribution in [0.5, 0.6) is 5.75 Å². The van der Waals surface area contributed by atoms with Gasteiger partial charge in [-0.15, -0.1) is 0 Å². The van der Waals surface area contributed by atoms with Crippen molar-refractivity contribution in [1.82, 2.24) is 4.90 Å². The first-order valence-corrected chi connectivity index (χ1v) is 8.96. The van der Waals surface area contributed by atoms with Crippen LogP contribution in [-0.4, -0.2) is 35.1 Å². The lowest BCUT2D eigenvalue weighted by Crippen LogP contribution is -2.36. The summed E-state index contributed by atoms with van der Waals surface area (Å²) in [5, 5.41) is 10.5. The lowest BCUT2D eigenvalue weighted by molar-refractivity contribution is 0.0667. The van der Waals surface area contributed by atoms with Crippen LogP contribution in [-0.2, 0) is 0 Å². The van der Waals surface area contributed by atoms with Crippen molar-refractivity contribution in [2.24, 2.45) is 0 Å². The molecular weight excluding hydrogens is 314 g/mol. The molecule has 1 saturated heterocycles. The zero-order valence-corrected chi connectivity index (χ0v) is 14.6. The van der Waals surface area contributed by atoms with E-state index in [-0.39, 0.29) is 11.9 Å². The molecule has 4 heteroatoms. The molecule has 0 saturated carbocycles. The first-order valence-electron chi connectivity index (χ1n) is 8.96. The maximum Gasteiger partial charge on any atom is 0.254 e. The zero-order chi connectivity index (χ0) is 17.6. The second kappa shape index (κ2) is 8.17. The Morgan fingerprint density at radius 1 is 1.20 bits per heavy atom. The maximum atomic E-state index is 12.8. The summed E-state index contributed by atoms with van der Waals surface area (Å²) < 4.78 is 5.43. The van der Waals surface area contributed by atoms with Crippen molar-refractivity contribution in [3.8, 4) is 5.75 Å². The van der Waals surface area contributed by atoms with Gasteiger partial charge >= 0.3 is 0 Å². The lowest BCUT2D eigenvalue weighted by Gasteiger charge is -2.27. The Bertz CT molecular complexity index is 684. The molecule has 1 aliphatic heterocycles. The minimum absolute atomic E-state index is 0.0332. The molecule has 2 aromatic carbocycles. The van der Waals surface area contributed by atoms with E-state index in [4.69, 9.17) is 4.74 Å². The molecule has 0 bridgehead atoms. The van der Waals surface area contributed by atoms with Crippen molar-refractivity contribution in [1.29, 1.82) is 0 Å². The zero-order valence-electron chi connectivity index (χ0n) is 14.6. The van der Waals surface area contributed by atoms with E-state index in [9.17, 15) is 9.90 Å². The van der Waals surface area contributed by atoms with Crippen LogP contribution >= 0.6 is 0 Å². The van der Waals surface area contributed by atoms with E-state index in [1.54, 1.807) is 0 Å². The van der Waals surface area contributed by atoms with Gasteiger partial charge in [0.1, 0.15) is 5.75 Å². The van der Waals surface area contributed by atoms with Gasteiger partial charge in [-0.25, -0.2) is 0 Å². The number of nitrogens with zero attached hydrogens (tertiary/aromatic N) is 1. The molecule has 4 nitrogen and oxygen atoms in total. The van der Waals surface area contributed by atoms with Gasteiger partial charge in [-0.05, 0) is 56.0 Å². The predicted molar refractivity (Wildman–Crippen MR) is 97.7 cm³/mol. The first-order chi connectivity index (χ1) is 12.2. The van der Waals surface area contributed by atoms with Gasteiger partial charge in [-0.2, -0.15) is 0 Å². The topological polar surface area (TPSA) is 49.8 Å². The van der Waals surface area contributed by atoms with Gasteiger partial charge in [0.2, 0.25) is 0 Å². The van der Waals surface area contributed by atoms with Gasteiger partial charge in [0.05, 0.1) is 12.7 Å².